The van der Waals surface area contributed by atoms with Gasteiger partial charge in [0.25, 0.3) is 0 Å². The van der Waals surface area contributed by atoms with Crippen molar-refractivity contribution in [3.05, 3.63) is 59.8 Å². The fourth-order valence-corrected chi connectivity index (χ4v) is 2.03. The molecule has 3 heteroatoms. The molecule has 0 heterocycles. The molecule has 0 rings (SSSR count). The summed E-state index contributed by atoms with van der Waals surface area (Å²) in [6, 6.07) is 0. The van der Waals surface area contributed by atoms with Gasteiger partial charge in [0.2, 0.25) is 0 Å². The zero-order valence-electron chi connectivity index (χ0n) is 17.5. The van der Waals surface area contributed by atoms with Gasteiger partial charge in [-0.2, -0.15) is 0 Å². The van der Waals surface area contributed by atoms with Crippen molar-refractivity contribution in [2.24, 2.45) is 5.92 Å². The Morgan fingerprint density at radius 3 is 2.31 bits per heavy atom. The van der Waals surface area contributed by atoms with E-state index in [1.165, 1.54) is 5.57 Å². The first kappa shape index (κ1) is 24.1. The lowest BCUT2D eigenvalue weighted by atomic mass is 9.99. The molecule has 0 bridgehead atoms. The first-order valence-electron chi connectivity index (χ1n) is 9.28. The lowest BCUT2D eigenvalue weighted by Gasteiger charge is -2.26. The summed E-state index contributed by atoms with van der Waals surface area (Å²) in [5, 5.41) is 9.41. The topological polar surface area (TPSA) is 46.5 Å². The monoisotopic (exact) mass is 360 g/mol. The van der Waals surface area contributed by atoms with Crippen LogP contribution in [0.1, 0.15) is 61.3 Å². The molecule has 3 nitrogen and oxygen atoms in total. The highest BCUT2D eigenvalue weighted by atomic mass is 16.5. The van der Waals surface area contributed by atoms with Gasteiger partial charge in [0.05, 0.1) is 5.60 Å². The molecule has 0 saturated heterocycles. The van der Waals surface area contributed by atoms with Crippen LogP contribution in [0.4, 0.5) is 0 Å². The number of carboxylic acid groups (broad SMARTS) is 1. The minimum absolute atomic E-state index is 0.440. The van der Waals surface area contributed by atoms with Gasteiger partial charge in [0, 0.05) is 0 Å². The molecule has 0 spiro atoms. The van der Waals surface area contributed by atoms with Gasteiger partial charge in [-0.1, -0.05) is 56.4 Å². The largest absolute Gasteiger partial charge is 0.479 e. The van der Waals surface area contributed by atoms with Crippen molar-refractivity contribution in [3.8, 4) is 0 Å². The number of aliphatic carboxylic acids is 1. The molecule has 2 atom stereocenters. The minimum Gasteiger partial charge on any atom is -0.479 e. The summed E-state index contributed by atoms with van der Waals surface area (Å²) in [5.41, 5.74) is 2.74. The smallest absolute Gasteiger partial charge is 0.336 e. The molecule has 0 aliphatic carbocycles. The number of rotatable bonds is 11. The molecule has 0 aromatic heterocycles. The fraction of sp³-hybridized carbons (Fsp3) is 0.522. The molecule has 0 radical (unpaired) electrons. The summed E-state index contributed by atoms with van der Waals surface area (Å²) >= 11 is 0. The Morgan fingerprint density at radius 2 is 1.85 bits per heavy atom. The lowest BCUT2D eigenvalue weighted by Crippen LogP contribution is -2.33. The summed E-state index contributed by atoms with van der Waals surface area (Å²) in [4.78, 5) is 11.5. The van der Waals surface area contributed by atoms with Crippen LogP contribution in [0.3, 0.4) is 0 Å². The highest BCUT2D eigenvalue weighted by Gasteiger charge is 2.24. The van der Waals surface area contributed by atoms with Crippen LogP contribution in [0.15, 0.2) is 59.8 Å². The van der Waals surface area contributed by atoms with E-state index >= 15 is 0 Å². The Kier molecular flexibility index (Phi) is 10.8. The average molecular weight is 361 g/mol. The minimum atomic E-state index is -0.978. The summed E-state index contributed by atoms with van der Waals surface area (Å²) in [5.74, 6) is -0.538. The zero-order valence-corrected chi connectivity index (χ0v) is 17.5. The molecule has 0 aromatic carbocycles. The second-order valence-electron chi connectivity index (χ2n) is 7.37. The molecule has 0 aromatic rings. The molecule has 0 amide bonds. The van der Waals surface area contributed by atoms with Crippen LogP contribution in [-0.4, -0.2) is 22.8 Å². The molecule has 146 valence electrons. The average Bonchev–Trinajstić information content (AvgIpc) is 2.56. The number of carbonyl (C=O) groups is 1. The molecule has 0 aliphatic heterocycles. The van der Waals surface area contributed by atoms with E-state index in [-0.39, 0.29) is 0 Å². The Balaban J connectivity index is 5.37. The molecule has 0 saturated carbocycles. The quantitative estimate of drug-likeness (QED) is 0.350. The SMILES string of the molecule is C=C(C)C(C)C/C=C/C(/C=C/C)=C(C)/C=C/C(OC(C)(C)CC)C(=O)O. The van der Waals surface area contributed by atoms with Gasteiger partial charge < -0.3 is 9.84 Å². The van der Waals surface area contributed by atoms with Gasteiger partial charge in [-0.05, 0) is 70.6 Å². The van der Waals surface area contributed by atoms with Crippen molar-refractivity contribution in [2.45, 2.75) is 73.0 Å². The van der Waals surface area contributed by atoms with Crippen LogP contribution >= 0.6 is 0 Å². The van der Waals surface area contributed by atoms with E-state index in [1.807, 2.05) is 59.8 Å². The molecular weight excluding hydrogens is 324 g/mol. The number of hydrogen-bond acceptors (Lipinski definition) is 2. The van der Waals surface area contributed by atoms with Gasteiger partial charge in [0.15, 0.2) is 6.10 Å². The van der Waals surface area contributed by atoms with Crippen molar-refractivity contribution in [1.29, 1.82) is 0 Å². The van der Waals surface area contributed by atoms with E-state index < -0.39 is 17.7 Å². The second-order valence-corrected chi connectivity index (χ2v) is 7.37. The Hall–Kier alpha value is -1.87. The maximum atomic E-state index is 11.5. The molecule has 2 unspecified atom stereocenters. The molecule has 0 fully saturated rings. The summed E-state index contributed by atoms with van der Waals surface area (Å²) < 4.78 is 5.72. The third kappa shape index (κ3) is 9.57. The maximum Gasteiger partial charge on any atom is 0.336 e. The van der Waals surface area contributed by atoms with E-state index in [1.54, 1.807) is 6.08 Å². The first-order chi connectivity index (χ1) is 12.0. The van der Waals surface area contributed by atoms with E-state index in [2.05, 4.69) is 25.7 Å². The van der Waals surface area contributed by atoms with Gasteiger partial charge in [-0.15, -0.1) is 0 Å². The number of allylic oxidation sites excluding steroid dienone is 8. The number of hydrogen-bond donors (Lipinski definition) is 1. The van der Waals surface area contributed by atoms with Crippen LogP contribution in [0, 0.1) is 5.92 Å². The van der Waals surface area contributed by atoms with Crippen LogP contribution in [0.2, 0.25) is 0 Å². The maximum absolute atomic E-state index is 11.5. The van der Waals surface area contributed by atoms with Crippen molar-refractivity contribution in [3.63, 3.8) is 0 Å². The Morgan fingerprint density at radius 1 is 1.23 bits per heavy atom. The zero-order chi connectivity index (χ0) is 20.3. The third-order valence-electron chi connectivity index (χ3n) is 4.49. The highest BCUT2D eigenvalue weighted by molar-refractivity contribution is 5.74. The van der Waals surface area contributed by atoms with E-state index in [0.29, 0.717) is 5.92 Å². The first-order valence-corrected chi connectivity index (χ1v) is 9.28. The normalized spacial score (nSPS) is 16.3. The Bertz CT molecular complexity index is 589. The van der Waals surface area contributed by atoms with Crippen molar-refractivity contribution < 1.29 is 14.6 Å². The van der Waals surface area contributed by atoms with Crippen LogP contribution in [0.25, 0.3) is 0 Å². The molecular formula is C23H36O3. The predicted molar refractivity (Wildman–Crippen MR) is 111 cm³/mol. The Labute approximate surface area is 159 Å². The molecule has 0 aliphatic rings. The summed E-state index contributed by atoms with van der Waals surface area (Å²) in [7, 11) is 0. The number of ether oxygens (including phenoxy) is 1. The lowest BCUT2D eigenvalue weighted by molar-refractivity contribution is -0.156. The third-order valence-corrected chi connectivity index (χ3v) is 4.49. The fourth-order valence-electron chi connectivity index (χ4n) is 2.03. The summed E-state index contributed by atoms with van der Waals surface area (Å²) in [6.45, 7) is 17.9. The molecule has 1 N–H and O–H groups in total. The van der Waals surface area contributed by atoms with E-state index in [9.17, 15) is 9.90 Å². The van der Waals surface area contributed by atoms with Crippen molar-refractivity contribution in [1.82, 2.24) is 0 Å². The predicted octanol–water partition coefficient (Wildman–Crippen LogP) is 6.25. The number of carboxylic acids is 1. The van der Waals surface area contributed by atoms with Crippen molar-refractivity contribution >= 4 is 5.97 Å². The van der Waals surface area contributed by atoms with Crippen molar-refractivity contribution in [2.75, 3.05) is 0 Å². The van der Waals surface area contributed by atoms with Crippen LogP contribution in [-0.2, 0) is 9.53 Å². The van der Waals surface area contributed by atoms with Crippen LogP contribution in [0.5, 0.6) is 0 Å². The highest BCUT2D eigenvalue weighted by Crippen LogP contribution is 2.19. The molecule has 26 heavy (non-hydrogen) atoms. The second kappa shape index (κ2) is 11.7. The van der Waals surface area contributed by atoms with Gasteiger partial charge in [-0.25, -0.2) is 4.79 Å². The van der Waals surface area contributed by atoms with Crippen LogP contribution < -0.4 is 0 Å². The van der Waals surface area contributed by atoms with Gasteiger partial charge in [0.1, 0.15) is 0 Å². The summed E-state index contributed by atoms with van der Waals surface area (Å²) in [6.07, 6.45) is 12.4. The van der Waals surface area contributed by atoms with Gasteiger partial charge >= 0.3 is 5.97 Å². The van der Waals surface area contributed by atoms with Gasteiger partial charge in [-0.3, -0.25) is 0 Å². The van der Waals surface area contributed by atoms with E-state index in [0.717, 1.165) is 24.0 Å². The van der Waals surface area contributed by atoms with E-state index in [4.69, 9.17) is 4.74 Å². The standard InChI is InChI=1S/C23H36O3/c1-9-12-20(14-11-13-18(5)17(3)4)19(6)15-16-21(22(24)25)26-23(7,8)10-2/h9,11-12,14-16,18,21H,3,10,13H2,1-2,4-8H3,(H,24,25)/b12-9+,14-11+,16-15+,20-19+.